The fraction of sp³-hybridized carbons (Fsp3) is 0.364. The van der Waals surface area contributed by atoms with Crippen molar-refractivity contribution in [3.63, 3.8) is 0 Å². The molecule has 90 valence electrons. The molecule has 3 rings (SSSR count). The van der Waals surface area contributed by atoms with E-state index in [0.29, 0.717) is 18.2 Å². The average Bonchev–Trinajstić information content (AvgIpc) is 3.03. The Hall–Kier alpha value is -1.40. The van der Waals surface area contributed by atoms with Gasteiger partial charge in [0.2, 0.25) is 10.0 Å². The highest BCUT2D eigenvalue weighted by molar-refractivity contribution is 7.89. The van der Waals surface area contributed by atoms with Gasteiger partial charge in [0.15, 0.2) is 0 Å². The van der Waals surface area contributed by atoms with Gasteiger partial charge in [0.05, 0.1) is 4.90 Å². The lowest BCUT2D eigenvalue weighted by Gasteiger charge is -2.13. The van der Waals surface area contributed by atoms with Gasteiger partial charge in [0.1, 0.15) is 0 Å². The van der Waals surface area contributed by atoms with E-state index in [1.807, 2.05) is 0 Å². The van der Waals surface area contributed by atoms with Crippen molar-refractivity contribution in [2.75, 3.05) is 0 Å². The quantitative estimate of drug-likeness (QED) is 0.830. The Labute approximate surface area is 99.3 Å². The van der Waals surface area contributed by atoms with Crippen molar-refractivity contribution in [2.45, 2.75) is 30.3 Å². The number of sulfonamides is 1. The second-order valence-corrected chi connectivity index (χ2v) is 6.09. The summed E-state index contributed by atoms with van der Waals surface area (Å²) in [6.45, 7) is 0.502. The van der Waals surface area contributed by atoms with Crippen molar-refractivity contribution in [1.82, 2.24) is 4.90 Å². The largest absolute Gasteiger partial charge is 0.331 e. The zero-order chi connectivity index (χ0) is 12.2. The molecule has 1 aliphatic carbocycles. The maximum atomic E-state index is 12.0. The molecule has 0 aromatic heterocycles. The number of nitrogens with two attached hydrogens (primary N) is 1. The van der Waals surface area contributed by atoms with Crippen LogP contribution in [-0.2, 0) is 16.6 Å². The van der Waals surface area contributed by atoms with E-state index >= 15 is 0 Å². The highest BCUT2D eigenvalue weighted by atomic mass is 32.2. The lowest BCUT2D eigenvalue weighted by molar-refractivity contribution is 0.0766. The summed E-state index contributed by atoms with van der Waals surface area (Å²) < 4.78 is 22.4. The lowest BCUT2D eigenvalue weighted by Crippen LogP contribution is -2.25. The van der Waals surface area contributed by atoms with Crippen LogP contribution in [-0.4, -0.2) is 25.3 Å². The molecule has 0 saturated heterocycles. The number of amides is 1. The third-order valence-corrected chi connectivity index (χ3v) is 4.14. The molecule has 0 radical (unpaired) electrons. The number of hydrogen-bond donors (Lipinski definition) is 1. The third kappa shape index (κ3) is 1.73. The van der Waals surface area contributed by atoms with Crippen molar-refractivity contribution in [3.8, 4) is 0 Å². The first-order chi connectivity index (χ1) is 7.97. The number of carbonyl (C=O) groups is 1. The van der Waals surface area contributed by atoms with Crippen LogP contribution in [0.5, 0.6) is 0 Å². The maximum absolute atomic E-state index is 12.0. The SMILES string of the molecule is NS(=O)(=O)c1ccc2c(c1)CN(C1CC1)C2=O. The van der Waals surface area contributed by atoms with Crippen LogP contribution < -0.4 is 5.14 Å². The zero-order valence-electron chi connectivity index (χ0n) is 9.09. The van der Waals surface area contributed by atoms with Crippen LogP contribution >= 0.6 is 0 Å². The summed E-state index contributed by atoms with van der Waals surface area (Å²) in [4.78, 5) is 13.9. The molecule has 1 aromatic rings. The van der Waals surface area contributed by atoms with Gasteiger partial charge in [0, 0.05) is 18.2 Å². The third-order valence-electron chi connectivity index (χ3n) is 3.22. The monoisotopic (exact) mass is 252 g/mol. The smallest absolute Gasteiger partial charge is 0.254 e. The highest BCUT2D eigenvalue weighted by Gasteiger charge is 2.38. The molecule has 0 spiro atoms. The number of rotatable bonds is 2. The van der Waals surface area contributed by atoms with Crippen LogP contribution in [0.15, 0.2) is 23.1 Å². The summed E-state index contributed by atoms with van der Waals surface area (Å²) in [5.74, 6) is 0.00321. The van der Waals surface area contributed by atoms with Crippen LogP contribution in [0.25, 0.3) is 0 Å². The molecule has 1 aromatic carbocycles. The Morgan fingerprint density at radius 1 is 1.29 bits per heavy atom. The minimum absolute atomic E-state index is 0.00321. The number of carbonyl (C=O) groups excluding carboxylic acids is 1. The molecule has 1 heterocycles. The minimum Gasteiger partial charge on any atom is -0.331 e. The topological polar surface area (TPSA) is 80.5 Å². The summed E-state index contributed by atoms with van der Waals surface area (Å²) in [6, 6.07) is 4.79. The summed E-state index contributed by atoms with van der Waals surface area (Å²) in [7, 11) is -3.69. The molecule has 0 atom stereocenters. The Morgan fingerprint density at radius 3 is 2.59 bits per heavy atom. The predicted molar refractivity (Wildman–Crippen MR) is 60.7 cm³/mol. The van der Waals surface area contributed by atoms with Gasteiger partial charge in [-0.2, -0.15) is 0 Å². The first-order valence-corrected chi connectivity index (χ1v) is 6.98. The molecular weight excluding hydrogens is 240 g/mol. The van der Waals surface area contributed by atoms with Gasteiger partial charge in [-0.1, -0.05) is 0 Å². The second-order valence-electron chi connectivity index (χ2n) is 4.53. The van der Waals surface area contributed by atoms with Gasteiger partial charge < -0.3 is 4.90 Å². The zero-order valence-corrected chi connectivity index (χ0v) is 9.90. The van der Waals surface area contributed by atoms with E-state index in [2.05, 4.69) is 0 Å². The Balaban J connectivity index is 2.02. The van der Waals surface area contributed by atoms with Crippen molar-refractivity contribution >= 4 is 15.9 Å². The molecule has 0 bridgehead atoms. The first kappa shape index (κ1) is 10.7. The number of nitrogens with zero attached hydrogens (tertiary/aromatic N) is 1. The van der Waals surface area contributed by atoms with Gasteiger partial charge in [-0.3, -0.25) is 4.79 Å². The number of benzene rings is 1. The molecule has 0 unspecified atom stereocenters. The Morgan fingerprint density at radius 2 is 2.00 bits per heavy atom. The molecule has 17 heavy (non-hydrogen) atoms. The van der Waals surface area contributed by atoms with E-state index in [0.717, 1.165) is 18.4 Å². The molecule has 5 nitrogen and oxygen atoms in total. The van der Waals surface area contributed by atoms with Crippen LogP contribution in [0.3, 0.4) is 0 Å². The standard InChI is InChI=1S/C11H12N2O3S/c12-17(15,16)9-3-4-10-7(5-9)6-13(11(10)14)8-1-2-8/h3-5,8H,1-2,6H2,(H2,12,15,16). The van der Waals surface area contributed by atoms with Crippen molar-refractivity contribution in [3.05, 3.63) is 29.3 Å². The van der Waals surface area contributed by atoms with E-state index < -0.39 is 10.0 Å². The number of hydrogen-bond acceptors (Lipinski definition) is 3. The van der Waals surface area contributed by atoms with Gasteiger partial charge in [-0.05, 0) is 36.6 Å². The lowest BCUT2D eigenvalue weighted by atomic mass is 10.1. The van der Waals surface area contributed by atoms with Crippen molar-refractivity contribution < 1.29 is 13.2 Å². The molecule has 1 saturated carbocycles. The fourth-order valence-corrected chi connectivity index (χ4v) is 2.74. The molecule has 1 fully saturated rings. The maximum Gasteiger partial charge on any atom is 0.254 e. The molecule has 1 aliphatic heterocycles. The van der Waals surface area contributed by atoms with Crippen molar-refractivity contribution in [1.29, 1.82) is 0 Å². The Kier molecular flexibility index (Phi) is 2.08. The molecule has 1 amide bonds. The van der Waals surface area contributed by atoms with Crippen LogP contribution in [0, 0.1) is 0 Å². The fourth-order valence-electron chi connectivity index (χ4n) is 2.18. The molecular formula is C11H12N2O3S. The van der Waals surface area contributed by atoms with E-state index in [4.69, 9.17) is 5.14 Å². The summed E-state index contributed by atoms with van der Waals surface area (Å²) >= 11 is 0. The summed E-state index contributed by atoms with van der Waals surface area (Å²) in [5, 5.41) is 5.07. The molecule has 2 aliphatic rings. The van der Waals surface area contributed by atoms with Crippen LogP contribution in [0.2, 0.25) is 0 Å². The van der Waals surface area contributed by atoms with Gasteiger partial charge in [0.25, 0.3) is 5.91 Å². The van der Waals surface area contributed by atoms with Gasteiger partial charge in [-0.25, -0.2) is 13.6 Å². The van der Waals surface area contributed by atoms with E-state index in [1.54, 1.807) is 11.0 Å². The second kappa shape index (κ2) is 3.30. The van der Waals surface area contributed by atoms with Crippen molar-refractivity contribution in [2.24, 2.45) is 5.14 Å². The van der Waals surface area contributed by atoms with Crippen LogP contribution in [0.4, 0.5) is 0 Å². The average molecular weight is 252 g/mol. The first-order valence-electron chi connectivity index (χ1n) is 5.43. The number of fused-ring (bicyclic) bond motifs is 1. The van der Waals surface area contributed by atoms with Gasteiger partial charge in [-0.15, -0.1) is 0 Å². The summed E-state index contributed by atoms with van der Waals surface area (Å²) in [5.41, 5.74) is 1.36. The van der Waals surface area contributed by atoms with E-state index in [-0.39, 0.29) is 10.8 Å². The molecule has 6 heteroatoms. The minimum atomic E-state index is -3.69. The highest BCUT2D eigenvalue weighted by Crippen LogP contribution is 2.35. The molecule has 2 N–H and O–H groups in total. The van der Waals surface area contributed by atoms with Gasteiger partial charge >= 0.3 is 0 Å². The van der Waals surface area contributed by atoms with Crippen LogP contribution in [0.1, 0.15) is 28.8 Å². The number of primary sulfonamides is 1. The normalized spacial score (nSPS) is 19.6. The van der Waals surface area contributed by atoms with E-state index in [9.17, 15) is 13.2 Å². The Bertz CT molecular complexity index is 605. The van der Waals surface area contributed by atoms with E-state index in [1.165, 1.54) is 12.1 Å². The predicted octanol–water partition coefficient (Wildman–Crippen LogP) is 0.452. The summed E-state index contributed by atoms with van der Waals surface area (Å²) in [6.07, 6.45) is 2.09.